The van der Waals surface area contributed by atoms with E-state index in [2.05, 4.69) is 19.9 Å². The number of aromatic nitrogens is 4. The van der Waals surface area contributed by atoms with Gasteiger partial charge in [-0.15, -0.1) is 16.4 Å². The van der Waals surface area contributed by atoms with Gasteiger partial charge in [0.05, 0.1) is 5.69 Å². The maximum absolute atomic E-state index is 12.2. The Morgan fingerprint density at radius 3 is 3.00 bits per heavy atom. The Balaban J connectivity index is 1.68. The summed E-state index contributed by atoms with van der Waals surface area (Å²) in [6.07, 6.45) is 2.22. The molecule has 0 fully saturated rings. The molecular formula is C15H17N5O2S2. The van der Waals surface area contributed by atoms with Crippen LogP contribution in [0.3, 0.4) is 0 Å². The van der Waals surface area contributed by atoms with E-state index in [9.17, 15) is 9.59 Å². The molecule has 0 aliphatic heterocycles. The number of nitrogens with zero attached hydrogens (tertiary/aromatic N) is 4. The minimum atomic E-state index is -0.158. The second kappa shape index (κ2) is 7.18. The Labute approximate surface area is 146 Å². The molecule has 1 amide bonds. The largest absolute Gasteiger partial charge is 0.351 e. The first-order chi connectivity index (χ1) is 11.6. The zero-order valence-electron chi connectivity index (χ0n) is 13.4. The molecule has 0 spiro atoms. The zero-order valence-corrected chi connectivity index (χ0v) is 15.0. The summed E-state index contributed by atoms with van der Waals surface area (Å²) in [5.74, 6) is -0.158. The first kappa shape index (κ1) is 16.7. The molecule has 0 aliphatic carbocycles. The van der Waals surface area contributed by atoms with E-state index >= 15 is 0 Å². The number of carbonyl (C=O) groups excluding carboxylic acids is 1. The molecule has 0 bridgehead atoms. The Kier molecular flexibility index (Phi) is 5.00. The summed E-state index contributed by atoms with van der Waals surface area (Å²) < 4.78 is 5.46. The van der Waals surface area contributed by atoms with E-state index in [0.29, 0.717) is 28.5 Å². The van der Waals surface area contributed by atoms with E-state index in [1.165, 1.54) is 17.4 Å². The van der Waals surface area contributed by atoms with Gasteiger partial charge in [0.1, 0.15) is 4.88 Å². The average molecular weight is 363 g/mol. The Morgan fingerprint density at radius 2 is 2.21 bits per heavy atom. The number of thiazole rings is 1. The quantitative estimate of drug-likeness (QED) is 0.722. The van der Waals surface area contributed by atoms with Crippen LogP contribution >= 0.6 is 22.9 Å². The molecule has 0 unspecified atom stereocenters. The highest BCUT2D eigenvalue weighted by molar-refractivity contribution is 7.15. The van der Waals surface area contributed by atoms with Crippen LogP contribution in [-0.4, -0.2) is 31.4 Å². The maximum atomic E-state index is 12.2. The molecule has 3 heterocycles. The fourth-order valence-corrected chi connectivity index (χ4v) is 4.02. The highest BCUT2D eigenvalue weighted by Gasteiger charge is 2.15. The van der Waals surface area contributed by atoms with E-state index in [0.717, 1.165) is 35.8 Å². The molecule has 9 heteroatoms. The zero-order chi connectivity index (χ0) is 17.1. The third kappa shape index (κ3) is 3.36. The van der Waals surface area contributed by atoms with Crippen LogP contribution in [0.4, 0.5) is 0 Å². The van der Waals surface area contributed by atoms with Crippen molar-refractivity contribution in [1.29, 1.82) is 0 Å². The van der Waals surface area contributed by atoms with Gasteiger partial charge in [0, 0.05) is 35.8 Å². The van der Waals surface area contributed by atoms with Crippen molar-refractivity contribution in [3.8, 4) is 0 Å². The number of hydrogen-bond donors (Lipinski definition) is 1. The molecule has 3 aromatic rings. The fraction of sp³-hybridized carbons (Fsp3) is 0.400. The maximum Gasteiger partial charge on any atom is 0.264 e. The number of nitrogens with one attached hydrogen (secondary N) is 1. The Morgan fingerprint density at radius 1 is 1.38 bits per heavy atom. The molecule has 0 atom stereocenters. The van der Waals surface area contributed by atoms with Crippen molar-refractivity contribution < 1.29 is 4.79 Å². The molecule has 7 nitrogen and oxygen atoms in total. The SMILES string of the molecule is CCCc1nnsc1C(=O)NCCc1csc2nc(C)cc(=O)n12. The van der Waals surface area contributed by atoms with Crippen molar-refractivity contribution in [3.05, 3.63) is 43.8 Å². The van der Waals surface area contributed by atoms with Crippen LogP contribution in [0, 0.1) is 6.92 Å². The normalized spacial score (nSPS) is 11.1. The predicted octanol–water partition coefficient (Wildman–Crippen LogP) is 1.84. The lowest BCUT2D eigenvalue weighted by molar-refractivity contribution is 0.0957. The number of rotatable bonds is 6. The third-order valence-corrected chi connectivity index (χ3v) is 5.16. The minimum Gasteiger partial charge on any atom is -0.351 e. The number of aryl methyl sites for hydroxylation is 2. The van der Waals surface area contributed by atoms with Crippen LogP contribution in [0.25, 0.3) is 4.96 Å². The average Bonchev–Trinajstić information content (AvgIpc) is 3.14. The van der Waals surface area contributed by atoms with E-state index < -0.39 is 0 Å². The topological polar surface area (TPSA) is 89.2 Å². The van der Waals surface area contributed by atoms with Gasteiger partial charge in [-0.2, -0.15) is 0 Å². The van der Waals surface area contributed by atoms with Gasteiger partial charge in [-0.05, 0) is 24.9 Å². The molecule has 0 aliphatic rings. The molecule has 1 N–H and O–H groups in total. The number of amides is 1. The molecule has 0 aromatic carbocycles. The molecule has 0 radical (unpaired) electrons. The van der Waals surface area contributed by atoms with Gasteiger partial charge in [-0.25, -0.2) is 4.98 Å². The van der Waals surface area contributed by atoms with Crippen LogP contribution in [0.15, 0.2) is 16.2 Å². The fourth-order valence-electron chi connectivity index (χ4n) is 2.42. The van der Waals surface area contributed by atoms with E-state index in [4.69, 9.17) is 0 Å². The van der Waals surface area contributed by atoms with Crippen LogP contribution in [0.1, 0.15) is 40.1 Å². The molecular weight excluding hydrogens is 346 g/mol. The lowest BCUT2D eigenvalue weighted by atomic mass is 10.2. The van der Waals surface area contributed by atoms with Gasteiger partial charge in [-0.1, -0.05) is 17.8 Å². The van der Waals surface area contributed by atoms with Crippen LogP contribution in [-0.2, 0) is 12.8 Å². The lowest BCUT2D eigenvalue weighted by Crippen LogP contribution is -2.27. The highest BCUT2D eigenvalue weighted by atomic mass is 32.1. The molecule has 3 aromatic heterocycles. The van der Waals surface area contributed by atoms with Gasteiger partial charge in [-0.3, -0.25) is 14.0 Å². The standard InChI is InChI=1S/C15H17N5O2S2/c1-3-4-11-13(24-19-18-11)14(22)16-6-5-10-8-23-15-17-9(2)7-12(21)20(10)15/h7-8H,3-6H2,1-2H3,(H,16,22). The van der Waals surface area contributed by atoms with Crippen molar-refractivity contribution >= 4 is 33.7 Å². The first-order valence-electron chi connectivity index (χ1n) is 7.66. The predicted molar refractivity (Wildman–Crippen MR) is 94.0 cm³/mol. The Hall–Kier alpha value is -2.13. The second-order valence-corrected chi connectivity index (χ2v) is 6.98. The summed E-state index contributed by atoms with van der Waals surface area (Å²) in [7, 11) is 0. The summed E-state index contributed by atoms with van der Waals surface area (Å²) in [6.45, 7) is 4.28. The van der Waals surface area contributed by atoms with Crippen LogP contribution in [0.5, 0.6) is 0 Å². The van der Waals surface area contributed by atoms with E-state index in [-0.39, 0.29) is 11.5 Å². The first-order valence-corrected chi connectivity index (χ1v) is 9.31. The van der Waals surface area contributed by atoms with Gasteiger partial charge < -0.3 is 5.32 Å². The van der Waals surface area contributed by atoms with Crippen LogP contribution < -0.4 is 10.9 Å². The van der Waals surface area contributed by atoms with Gasteiger partial charge >= 0.3 is 0 Å². The molecule has 126 valence electrons. The van der Waals surface area contributed by atoms with Crippen LogP contribution in [0.2, 0.25) is 0 Å². The summed E-state index contributed by atoms with van der Waals surface area (Å²) in [5.41, 5.74) is 2.22. The number of hydrogen-bond acceptors (Lipinski definition) is 7. The Bertz CT molecular complexity index is 927. The molecule has 24 heavy (non-hydrogen) atoms. The number of fused-ring (bicyclic) bond motifs is 1. The third-order valence-electron chi connectivity index (χ3n) is 3.52. The smallest absolute Gasteiger partial charge is 0.264 e. The van der Waals surface area contributed by atoms with E-state index in [1.807, 2.05) is 12.3 Å². The summed E-state index contributed by atoms with van der Waals surface area (Å²) in [6, 6.07) is 1.52. The summed E-state index contributed by atoms with van der Waals surface area (Å²) in [4.78, 5) is 30.0. The summed E-state index contributed by atoms with van der Waals surface area (Å²) >= 11 is 2.54. The number of carbonyl (C=O) groups is 1. The van der Waals surface area contributed by atoms with Crippen molar-refractivity contribution in [2.24, 2.45) is 0 Å². The van der Waals surface area contributed by atoms with Gasteiger partial charge in [0.15, 0.2) is 4.96 Å². The molecule has 3 rings (SSSR count). The highest BCUT2D eigenvalue weighted by Crippen LogP contribution is 2.14. The monoisotopic (exact) mass is 363 g/mol. The van der Waals surface area contributed by atoms with Gasteiger partial charge in [0.2, 0.25) is 0 Å². The van der Waals surface area contributed by atoms with Crippen molar-refractivity contribution in [3.63, 3.8) is 0 Å². The van der Waals surface area contributed by atoms with Crippen molar-refractivity contribution in [2.75, 3.05) is 6.54 Å². The minimum absolute atomic E-state index is 0.0861. The van der Waals surface area contributed by atoms with Crippen molar-refractivity contribution in [1.82, 2.24) is 24.3 Å². The van der Waals surface area contributed by atoms with E-state index in [1.54, 1.807) is 11.3 Å². The second-order valence-electron chi connectivity index (χ2n) is 5.39. The summed E-state index contributed by atoms with van der Waals surface area (Å²) in [5, 5.41) is 8.79. The lowest BCUT2D eigenvalue weighted by Gasteiger charge is -2.05. The molecule has 0 saturated carbocycles. The molecule has 0 saturated heterocycles. The van der Waals surface area contributed by atoms with Crippen molar-refractivity contribution in [2.45, 2.75) is 33.1 Å². The van der Waals surface area contributed by atoms with Gasteiger partial charge in [0.25, 0.3) is 11.5 Å².